The first-order valence-corrected chi connectivity index (χ1v) is 12.6. The molecule has 2 amide bonds. The molecule has 0 saturated carbocycles. The van der Waals surface area contributed by atoms with Crippen molar-refractivity contribution in [2.45, 2.75) is 45.2 Å². The third kappa shape index (κ3) is 4.99. The number of ether oxygens (including phenoxy) is 1. The Balaban J connectivity index is 1.82. The summed E-state index contributed by atoms with van der Waals surface area (Å²) < 4.78 is 7.21. The average Bonchev–Trinajstić information content (AvgIpc) is 3.06. The number of amides is 2. The number of carbonyl (C=O) groups is 2. The number of aryl methyl sites for hydroxylation is 1. The molecule has 1 aliphatic heterocycles. The van der Waals surface area contributed by atoms with Crippen molar-refractivity contribution < 1.29 is 19.4 Å². The van der Waals surface area contributed by atoms with Gasteiger partial charge in [-0.3, -0.25) is 15.1 Å². The molecule has 190 valence electrons. The van der Waals surface area contributed by atoms with Crippen molar-refractivity contribution in [2.75, 3.05) is 31.8 Å². The summed E-state index contributed by atoms with van der Waals surface area (Å²) in [6, 6.07) is 0. The smallest absolute Gasteiger partial charge is 0.411 e. The molecule has 4 heterocycles. The maximum absolute atomic E-state index is 13.1. The van der Waals surface area contributed by atoms with Gasteiger partial charge in [-0.25, -0.2) is 14.5 Å². The topological polar surface area (TPSA) is 135 Å². The highest BCUT2D eigenvalue weighted by molar-refractivity contribution is 7.99. The lowest BCUT2D eigenvalue weighted by atomic mass is 10.1. The first-order valence-electron chi connectivity index (χ1n) is 11.6. The van der Waals surface area contributed by atoms with Gasteiger partial charge in [0.15, 0.2) is 5.65 Å². The van der Waals surface area contributed by atoms with E-state index in [1.807, 2.05) is 13.8 Å². The predicted octanol–water partition coefficient (Wildman–Crippen LogP) is 3.73. The molecule has 0 fully saturated rings. The Morgan fingerprint density at radius 3 is 2.78 bits per heavy atom. The quantitative estimate of drug-likeness (QED) is 0.434. The Bertz CT molecular complexity index is 1370. The van der Waals surface area contributed by atoms with Crippen LogP contribution in [0.3, 0.4) is 0 Å². The minimum atomic E-state index is -1.27. The van der Waals surface area contributed by atoms with Crippen LogP contribution in [0.4, 0.5) is 10.7 Å². The summed E-state index contributed by atoms with van der Waals surface area (Å²) in [5.41, 5.74) is 4.16. The van der Waals surface area contributed by atoms with Gasteiger partial charge in [0.1, 0.15) is 10.8 Å². The molecule has 0 unspecified atom stereocenters. The van der Waals surface area contributed by atoms with E-state index in [0.29, 0.717) is 39.6 Å². The lowest BCUT2D eigenvalue weighted by Crippen LogP contribution is -2.29. The van der Waals surface area contributed by atoms with Gasteiger partial charge in [-0.1, -0.05) is 13.3 Å². The molecule has 36 heavy (non-hydrogen) atoms. The van der Waals surface area contributed by atoms with Crippen molar-refractivity contribution in [1.82, 2.24) is 29.6 Å². The Labute approximate surface area is 213 Å². The number of nitrogens with one attached hydrogen (secondary N) is 1. The number of unbranched alkanes of at least 4 members (excludes halogenated alkanes) is 1. The fourth-order valence-electron chi connectivity index (χ4n) is 4.13. The predicted molar refractivity (Wildman–Crippen MR) is 138 cm³/mol. The van der Waals surface area contributed by atoms with E-state index in [-0.39, 0.29) is 18.4 Å². The summed E-state index contributed by atoms with van der Waals surface area (Å²) in [6.07, 6.45) is 4.18. The zero-order valence-electron chi connectivity index (χ0n) is 21.0. The molecule has 0 aromatic carbocycles. The molecule has 4 rings (SSSR count). The number of thioether (sulfide) groups is 1. The van der Waals surface area contributed by atoms with E-state index in [4.69, 9.17) is 9.84 Å². The number of carbonyl (C=O) groups excluding carboxylic acids is 1. The minimum absolute atomic E-state index is 0.0498. The van der Waals surface area contributed by atoms with Crippen molar-refractivity contribution in [2.24, 2.45) is 0 Å². The third-order valence-corrected chi connectivity index (χ3v) is 7.02. The SMILES string of the molecule is CCCCN(C)C(=O)C1=Cc2nn(Cc3ncc(C)c(OC)c3C)c3nc(NC(=O)O)nc(c23)SC1. The molecule has 2 N–H and O–H groups in total. The highest BCUT2D eigenvalue weighted by Gasteiger charge is 2.26. The molecule has 12 heteroatoms. The summed E-state index contributed by atoms with van der Waals surface area (Å²) in [5, 5.41) is 17.5. The first kappa shape index (κ1) is 25.4. The molecular formula is C24H29N7O4S. The van der Waals surface area contributed by atoms with Gasteiger partial charge in [0.25, 0.3) is 0 Å². The molecule has 0 radical (unpaired) electrons. The number of aromatic nitrogens is 5. The second kappa shape index (κ2) is 10.5. The Kier molecular flexibility index (Phi) is 7.43. The van der Waals surface area contributed by atoms with Crippen molar-refractivity contribution in [3.63, 3.8) is 0 Å². The molecule has 0 atom stereocenters. The van der Waals surface area contributed by atoms with E-state index in [1.165, 1.54) is 11.8 Å². The molecule has 1 aliphatic rings. The van der Waals surface area contributed by atoms with Gasteiger partial charge in [-0.05, 0) is 26.3 Å². The number of methoxy groups -OCH3 is 1. The molecule has 0 saturated heterocycles. The highest BCUT2D eigenvalue weighted by Crippen LogP contribution is 2.36. The van der Waals surface area contributed by atoms with Gasteiger partial charge in [-0.15, -0.1) is 11.8 Å². The second-order valence-electron chi connectivity index (χ2n) is 8.61. The largest absolute Gasteiger partial charge is 0.496 e. The summed E-state index contributed by atoms with van der Waals surface area (Å²) in [6.45, 7) is 6.89. The number of hydrogen-bond acceptors (Lipinski definition) is 8. The molecule has 0 aliphatic carbocycles. The number of pyridine rings is 1. The molecule has 3 aromatic heterocycles. The van der Waals surface area contributed by atoms with Crippen molar-refractivity contribution in [1.29, 1.82) is 0 Å². The number of carboxylic acid groups (broad SMARTS) is 1. The van der Waals surface area contributed by atoms with Crippen LogP contribution in [-0.2, 0) is 11.3 Å². The highest BCUT2D eigenvalue weighted by atomic mass is 32.2. The van der Waals surface area contributed by atoms with Crippen molar-refractivity contribution in [3.05, 3.63) is 34.3 Å². The third-order valence-electron chi connectivity index (χ3n) is 6.00. The van der Waals surface area contributed by atoms with Crippen molar-refractivity contribution >= 4 is 46.8 Å². The molecule has 11 nitrogen and oxygen atoms in total. The summed E-state index contributed by atoms with van der Waals surface area (Å²) >= 11 is 1.36. The standard InChI is InChI=1S/C24H29N7O4S/c1-6-7-8-30(4)22(32)15-9-16-18-20(26-23(28-24(33)34)27-21(18)36-12-15)31(29-16)11-17-14(3)19(35-5)13(2)10-25-17/h9-10H,6-8,11-12H2,1-5H3,(H,33,34)(H,26,27,28). The first-order chi connectivity index (χ1) is 17.2. The number of hydrogen-bond donors (Lipinski definition) is 2. The zero-order valence-corrected chi connectivity index (χ0v) is 21.8. The monoisotopic (exact) mass is 511 g/mol. The molecular weight excluding hydrogens is 482 g/mol. The maximum atomic E-state index is 13.1. The number of likely N-dealkylation sites (N-methyl/N-ethyl adjacent to an activating group) is 1. The van der Waals surface area contributed by atoms with Gasteiger partial charge in [0.2, 0.25) is 11.9 Å². The maximum Gasteiger partial charge on any atom is 0.411 e. The molecule has 3 aromatic rings. The van der Waals surface area contributed by atoms with Gasteiger partial charge < -0.3 is 14.7 Å². The number of rotatable bonds is 8. The van der Waals surface area contributed by atoms with E-state index < -0.39 is 6.09 Å². The Morgan fingerprint density at radius 1 is 1.31 bits per heavy atom. The Hall–Kier alpha value is -3.67. The number of anilines is 1. The van der Waals surface area contributed by atoms with Crippen LogP contribution in [0.5, 0.6) is 5.75 Å². The van der Waals surface area contributed by atoms with Gasteiger partial charge >= 0.3 is 6.09 Å². The summed E-state index contributed by atoms with van der Waals surface area (Å²) in [4.78, 5) is 39.6. The van der Waals surface area contributed by atoms with E-state index in [1.54, 1.807) is 36.0 Å². The lowest BCUT2D eigenvalue weighted by Gasteiger charge is -2.18. The van der Waals surface area contributed by atoms with Crippen molar-refractivity contribution in [3.8, 4) is 5.75 Å². The summed E-state index contributed by atoms with van der Waals surface area (Å²) in [7, 11) is 3.41. The van der Waals surface area contributed by atoms with Crippen LogP contribution in [-0.4, -0.2) is 73.2 Å². The van der Waals surface area contributed by atoms with Crippen LogP contribution in [0.1, 0.15) is 42.3 Å². The minimum Gasteiger partial charge on any atom is -0.496 e. The van der Waals surface area contributed by atoms with Crippen LogP contribution in [0.2, 0.25) is 0 Å². The summed E-state index contributed by atoms with van der Waals surface area (Å²) in [5.74, 6) is 1.02. The van der Waals surface area contributed by atoms with Crippen LogP contribution in [0, 0.1) is 13.8 Å². The van der Waals surface area contributed by atoms with Crippen LogP contribution < -0.4 is 10.1 Å². The van der Waals surface area contributed by atoms with E-state index in [2.05, 4.69) is 27.2 Å². The normalized spacial score (nSPS) is 12.8. The average molecular weight is 512 g/mol. The second-order valence-corrected chi connectivity index (χ2v) is 9.57. The van der Waals surface area contributed by atoms with E-state index >= 15 is 0 Å². The Morgan fingerprint density at radius 2 is 2.08 bits per heavy atom. The van der Waals surface area contributed by atoms with Gasteiger partial charge in [0, 0.05) is 42.2 Å². The molecule has 0 bridgehead atoms. The van der Waals surface area contributed by atoms with E-state index in [0.717, 1.165) is 35.4 Å². The number of nitrogens with zero attached hydrogens (tertiary/aromatic N) is 6. The fourth-order valence-corrected chi connectivity index (χ4v) is 5.12. The van der Waals surface area contributed by atoms with Gasteiger partial charge in [-0.2, -0.15) is 10.1 Å². The van der Waals surface area contributed by atoms with Crippen LogP contribution >= 0.6 is 11.8 Å². The van der Waals surface area contributed by atoms with Crippen LogP contribution in [0.15, 0.2) is 16.8 Å². The fraction of sp³-hybridized carbons (Fsp3) is 0.417. The lowest BCUT2D eigenvalue weighted by molar-refractivity contribution is -0.125. The van der Waals surface area contributed by atoms with Crippen LogP contribution in [0.25, 0.3) is 17.1 Å². The zero-order chi connectivity index (χ0) is 26.0. The van der Waals surface area contributed by atoms with E-state index in [9.17, 15) is 14.7 Å². The van der Waals surface area contributed by atoms with Gasteiger partial charge in [0.05, 0.1) is 30.4 Å². The molecule has 0 spiro atoms.